The van der Waals surface area contributed by atoms with Crippen molar-refractivity contribution in [2.45, 2.75) is 27.2 Å². The minimum atomic E-state index is 0.813. The Labute approximate surface area is 187 Å². The lowest BCUT2D eigenvalue weighted by Gasteiger charge is -2.35. The molecule has 0 amide bonds. The van der Waals surface area contributed by atoms with E-state index in [2.05, 4.69) is 77.2 Å². The Morgan fingerprint density at radius 1 is 0.839 bits per heavy atom. The Morgan fingerprint density at radius 2 is 1.58 bits per heavy atom. The van der Waals surface area contributed by atoms with Crippen molar-refractivity contribution in [2.24, 2.45) is 0 Å². The number of hydrogen-bond donors (Lipinski definition) is 0. The number of aryl methyl sites for hydroxylation is 3. The summed E-state index contributed by atoms with van der Waals surface area (Å²) >= 11 is 1.80. The molecule has 6 heteroatoms. The highest BCUT2D eigenvalue weighted by Gasteiger charge is 2.21. The summed E-state index contributed by atoms with van der Waals surface area (Å²) in [7, 11) is 0. The standard InChI is InChI=1S/C25H27N5S/c1-4-19-7-10-21-23(15-19)31-25(28-21)30-13-11-29(12-14-30)24-16-22(26-18(3)27-24)20-8-5-17(2)6-9-20/h5-10,15-16H,4,11-14H2,1-3H3. The topological polar surface area (TPSA) is 45.2 Å². The Hall–Kier alpha value is -2.99. The summed E-state index contributed by atoms with van der Waals surface area (Å²) in [6, 6.07) is 17.3. The van der Waals surface area contributed by atoms with Gasteiger partial charge in [-0.2, -0.15) is 0 Å². The molecule has 1 aliphatic rings. The molecule has 158 valence electrons. The maximum Gasteiger partial charge on any atom is 0.186 e. The second kappa shape index (κ2) is 8.27. The van der Waals surface area contributed by atoms with Gasteiger partial charge in [0, 0.05) is 37.8 Å². The van der Waals surface area contributed by atoms with E-state index < -0.39 is 0 Å². The molecule has 0 bridgehead atoms. The van der Waals surface area contributed by atoms with Crippen molar-refractivity contribution in [3.05, 3.63) is 65.5 Å². The van der Waals surface area contributed by atoms with E-state index in [4.69, 9.17) is 9.97 Å². The zero-order valence-corrected chi connectivity index (χ0v) is 19.1. The van der Waals surface area contributed by atoms with Gasteiger partial charge in [-0.25, -0.2) is 15.0 Å². The fourth-order valence-electron chi connectivity index (χ4n) is 4.03. The minimum absolute atomic E-state index is 0.813. The van der Waals surface area contributed by atoms with Crippen LogP contribution in [-0.4, -0.2) is 41.1 Å². The summed E-state index contributed by atoms with van der Waals surface area (Å²) in [6.45, 7) is 10.0. The lowest BCUT2D eigenvalue weighted by atomic mass is 10.1. The van der Waals surface area contributed by atoms with Crippen LogP contribution in [0.15, 0.2) is 48.5 Å². The average molecular weight is 430 g/mol. The second-order valence-corrected chi connectivity index (χ2v) is 9.16. The van der Waals surface area contributed by atoms with Gasteiger partial charge >= 0.3 is 0 Å². The second-order valence-electron chi connectivity index (χ2n) is 8.15. The zero-order valence-electron chi connectivity index (χ0n) is 18.3. The Morgan fingerprint density at radius 3 is 2.32 bits per heavy atom. The number of anilines is 2. The molecule has 1 aliphatic heterocycles. The van der Waals surface area contributed by atoms with Crippen LogP contribution in [0.2, 0.25) is 0 Å². The molecule has 1 fully saturated rings. The highest BCUT2D eigenvalue weighted by molar-refractivity contribution is 7.22. The lowest BCUT2D eigenvalue weighted by Crippen LogP contribution is -2.46. The van der Waals surface area contributed by atoms with Crippen LogP contribution in [0.25, 0.3) is 21.5 Å². The van der Waals surface area contributed by atoms with Crippen molar-refractivity contribution < 1.29 is 0 Å². The van der Waals surface area contributed by atoms with Crippen LogP contribution >= 0.6 is 11.3 Å². The molecule has 1 saturated heterocycles. The predicted molar refractivity (Wildman–Crippen MR) is 130 cm³/mol. The van der Waals surface area contributed by atoms with Crippen LogP contribution in [0.1, 0.15) is 23.9 Å². The van der Waals surface area contributed by atoms with Gasteiger partial charge in [0.25, 0.3) is 0 Å². The summed E-state index contributed by atoms with van der Waals surface area (Å²) in [5, 5.41) is 1.13. The molecular formula is C25H27N5S. The van der Waals surface area contributed by atoms with Crippen molar-refractivity contribution in [3.8, 4) is 11.3 Å². The molecule has 4 aromatic rings. The molecule has 31 heavy (non-hydrogen) atoms. The van der Waals surface area contributed by atoms with Crippen LogP contribution in [0.3, 0.4) is 0 Å². The SMILES string of the molecule is CCc1ccc2nc(N3CCN(c4cc(-c5ccc(C)cc5)nc(C)n4)CC3)sc2c1. The fourth-order valence-corrected chi connectivity index (χ4v) is 5.11. The fraction of sp³-hybridized carbons (Fsp3) is 0.320. The molecule has 0 unspecified atom stereocenters. The molecule has 3 heterocycles. The summed E-state index contributed by atoms with van der Waals surface area (Å²) in [4.78, 5) is 19.1. The number of rotatable bonds is 4. The van der Waals surface area contributed by atoms with Gasteiger partial charge in [0.1, 0.15) is 11.6 Å². The number of piperazine rings is 1. The molecule has 5 nitrogen and oxygen atoms in total. The molecule has 0 radical (unpaired) electrons. The van der Waals surface area contributed by atoms with Gasteiger partial charge in [0.2, 0.25) is 0 Å². The first-order valence-corrected chi connectivity index (χ1v) is 11.7. The van der Waals surface area contributed by atoms with E-state index in [1.165, 1.54) is 15.8 Å². The lowest BCUT2D eigenvalue weighted by molar-refractivity contribution is 0.645. The summed E-state index contributed by atoms with van der Waals surface area (Å²) in [6.07, 6.45) is 1.06. The molecule has 0 spiro atoms. The van der Waals surface area contributed by atoms with Gasteiger partial charge in [0.05, 0.1) is 15.9 Å². The predicted octanol–water partition coefficient (Wildman–Crippen LogP) is 5.26. The van der Waals surface area contributed by atoms with Crippen molar-refractivity contribution in [2.75, 3.05) is 36.0 Å². The van der Waals surface area contributed by atoms with Gasteiger partial charge in [-0.05, 0) is 38.0 Å². The zero-order chi connectivity index (χ0) is 21.4. The number of aromatic nitrogens is 3. The van der Waals surface area contributed by atoms with Crippen LogP contribution in [0.4, 0.5) is 10.9 Å². The number of nitrogens with zero attached hydrogens (tertiary/aromatic N) is 5. The molecule has 0 atom stereocenters. The van der Waals surface area contributed by atoms with Crippen LogP contribution in [-0.2, 0) is 6.42 Å². The minimum Gasteiger partial charge on any atom is -0.353 e. The van der Waals surface area contributed by atoms with E-state index in [-0.39, 0.29) is 0 Å². The molecule has 5 rings (SSSR count). The Kier molecular flexibility index (Phi) is 5.32. The van der Waals surface area contributed by atoms with E-state index in [1.54, 1.807) is 11.3 Å². The highest BCUT2D eigenvalue weighted by atomic mass is 32.1. The van der Waals surface area contributed by atoms with Gasteiger partial charge < -0.3 is 9.80 Å². The first-order chi connectivity index (χ1) is 15.1. The van der Waals surface area contributed by atoms with Crippen molar-refractivity contribution in [1.82, 2.24) is 15.0 Å². The van der Waals surface area contributed by atoms with Crippen molar-refractivity contribution >= 4 is 32.5 Å². The third-order valence-electron chi connectivity index (χ3n) is 5.90. The first-order valence-electron chi connectivity index (χ1n) is 10.9. The largest absolute Gasteiger partial charge is 0.353 e. The number of hydrogen-bond acceptors (Lipinski definition) is 6. The average Bonchev–Trinajstić information content (AvgIpc) is 3.22. The Balaban J connectivity index is 1.33. The van der Waals surface area contributed by atoms with Gasteiger partial charge in [-0.15, -0.1) is 0 Å². The van der Waals surface area contributed by atoms with E-state index in [1.807, 2.05) is 6.92 Å². The quantitative estimate of drug-likeness (QED) is 0.443. The maximum absolute atomic E-state index is 4.88. The molecule has 0 N–H and O–H groups in total. The van der Waals surface area contributed by atoms with E-state index in [0.29, 0.717) is 0 Å². The van der Waals surface area contributed by atoms with Gasteiger partial charge in [0.15, 0.2) is 5.13 Å². The van der Waals surface area contributed by atoms with Crippen LogP contribution in [0, 0.1) is 13.8 Å². The molecule has 2 aromatic carbocycles. The highest BCUT2D eigenvalue weighted by Crippen LogP contribution is 2.31. The third-order valence-corrected chi connectivity index (χ3v) is 6.97. The monoisotopic (exact) mass is 429 g/mol. The Bertz CT molecular complexity index is 1210. The maximum atomic E-state index is 4.88. The summed E-state index contributed by atoms with van der Waals surface area (Å²) in [5.74, 6) is 1.83. The smallest absolute Gasteiger partial charge is 0.186 e. The summed E-state index contributed by atoms with van der Waals surface area (Å²) < 4.78 is 1.28. The third kappa shape index (κ3) is 4.12. The molecule has 0 aliphatic carbocycles. The number of benzene rings is 2. The molecule has 0 saturated carbocycles. The summed E-state index contributed by atoms with van der Waals surface area (Å²) in [5.41, 5.74) is 5.86. The molecular weight excluding hydrogens is 402 g/mol. The van der Waals surface area contributed by atoms with Crippen LogP contribution in [0.5, 0.6) is 0 Å². The van der Waals surface area contributed by atoms with Gasteiger partial charge in [-0.1, -0.05) is 54.2 Å². The van der Waals surface area contributed by atoms with Crippen molar-refractivity contribution in [3.63, 3.8) is 0 Å². The van der Waals surface area contributed by atoms with Gasteiger partial charge in [-0.3, -0.25) is 0 Å². The van der Waals surface area contributed by atoms with Crippen LogP contribution < -0.4 is 9.80 Å². The van der Waals surface area contributed by atoms with E-state index >= 15 is 0 Å². The number of thiazole rings is 1. The number of fused-ring (bicyclic) bond motifs is 1. The first kappa shape index (κ1) is 19.9. The van der Waals surface area contributed by atoms with E-state index in [0.717, 1.165) is 66.1 Å². The van der Waals surface area contributed by atoms with Crippen molar-refractivity contribution in [1.29, 1.82) is 0 Å². The normalized spacial score (nSPS) is 14.4. The molecule has 2 aromatic heterocycles. The van der Waals surface area contributed by atoms with E-state index in [9.17, 15) is 0 Å².